The van der Waals surface area contributed by atoms with Crippen LogP contribution < -0.4 is 5.32 Å². The zero-order valence-electron chi connectivity index (χ0n) is 15.1. The van der Waals surface area contributed by atoms with Crippen LogP contribution in [0.3, 0.4) is 0 Å². The Kier molecular flexibility index (Phi) is 5.18. The molecule has 2 fully saturated rings. The molecule has 1 aromatic carbocycles. The van der Waals surface area contributed by atoms with Crippen molar-refractivity contribution < 1.29 is 9.90 Å². The number of hydrogen-bond acceptors (Lipinski definition) is 4. The quantitative estimate of drug-likeness (QED) is 0.866. The lowest BCUT2D eigenvalue weighted by molar-refractivity contribution is -0.127. The molecular weight excluding hydrogens is 326 g/mol. The monoisotopic (exact) mass is 353 g/mol. The molecule has 1 saturated heterocycles. The zero-order chi connectivity index (χ0) is 17.9. The first-order chi connectivity index (χ1) is 12.7. The van der Waals surface area contributed by atoms with Crippen LogP contribution in [0.15, 0.2) is 36.5 Å². The number of pyridine rings is 1. The van der Waals surface area contributed by atoms with Gasteiger partial charge in [-0.05, 0) is 43.5 Å². The van der Waals surface area contributed by atoms with Gasteiger partial charge in [-0.2, -0.15) is 0 Å². The van der Waals surface area contributed by atoms with Gasteiger partial charge in [-0.25, -0.2) is 0 Å². The number of aliphatic hydroxyl groups is 1. The second-order valence-corrected chi connectivity index (χ2v) is 7.71. The molecule has 1 aromatic heterocycles. The molecular formula is C21H27N3O2. The molecule has 4 rings (SSSR count). The summed E-state index contributed by atoms with van der Waals surface area (Å²) in [5.74, 6) is 0.547. The third kappa shape index (κ3) is 3.74. The molecule has 0 bridgehead atoms. The Bertz CT molecular complexity index is 769. The molecule has 1 aliphatic heterocycles. The number of likely N-dealkylation sites (tertiary alicyclic amines) is 1. The van der Waals surface area contributed by atoms with Crippen molar-refractivity contribution in [1.29, 1.82) is 0 Å². The van der Waals surface area contributed by atoms with E-state index in [1.807, 2.05) is 24.4 Å². The van der Waals surface area contributed by atoms with Gasteiger partial charge < -0.3 is 10.4 Å². The maximum Gasteiger partial charge on any atom is 0.223 e. The molecule has 138 valence electrons. The van der Waals surface area contributed by atoms with Gasteiger partial charge in [0, 0.05) is 43.1 Å². The minimum atomic E-state index is -0.390. The van der Waals surface area contributed by atoms with Crippen molar-refractivity contribution in [3.05, 3.63) is 42.1 Å². The molecule has 1 aliphatic carbocycles. The largest absolute Gasteiger partial charge is 0.391 e. The number of nitrogens with one attached hydrogen (secondary N) is 1. The van der Waals surface area contributed by atoms with E-state index in [-0.39, 0.29) is 17.7 Å². The number of carbonyl (C=O) groups excluding carboxylic acids is 1. The molecule has 2 atom stereocenters. The van der Waals surface area contributed by atoms with Crippen molar-refractivity contribution in [2.45, 2.75) is 38.3 Å². The number of carbonyl (C=O) groups is 1. The summed E-state index contributed by atoms with van der Waals surface area (Å²) in [5.41, 5.74) is 2.26. The summed E-state index contributed by atoms with van der Waals surface area (Å²) in [6.07, 6.45) is 5.55. The highest BCUT2D eigenvalue weighted by Crippen LogP contribution is 2.27. The molecule has 0 spiro atoms. The number of aliphatic hydroxyl groups excluding tert-OH is 1. The van der Waals surface area contributed by atoms with Crippen molar-refractivity contribution in [3.63, 3.8) is 0 Å². The molecule has 0 unspecified atom stereocenters. The molecule has 5 nitrogen and oxygen atoms in total. The van der Waals surface area contributed by atoms with Gasteiger partial charge in [-0.15, -0.1) is 0 Å². The Hall–Kier alpha value is -1.98. The first-order valence-electron chi connectivity index (χ1n) is 9.71. The third-order valence-electron chi connectivity index (χ3n) is 5.95. The minimum absolute atomic E-state index is 0.157. The maximum atomic E-state index is 12.0. The van der Waals surface area contributed by atoms with E-state index in [0.29, 0.717) is 13.1 Å². The van der Waals surface area contributed by atoms with Crippen LogP contribution in [0.25, 0.3) is 10.9 Å². The Morgan fingerprint density at radius 1 is 1.23 bits per heavy atom. The fraction of sp³-hybridized carbons (Fsp3) is 0.524. The van der Waals surface area contributed by atoms with Crippen molar-refractivity contribution in [3.8, 4) is 0 Å². The second kappa shape index (κ2) is 7.72. The molecule has 2 aromatic rings. The Morgan fingerprint density at radius 2 is 2.12 bits per heavy atom. The van der Waals surface area contributed by atoms with Crippen molar-refractivity contribution in [1.82, 2.24) is 15.2 Å². The van der Waals surface area contributed by atoms with Crippen LogP contribution in [0.2, 0.25) is 0 Å². The number of hydrogen-bond donors (Lipinski definition) is 2. The standard InChI is InChI=1S/C21H27N3O2/c25-20-14-24(11-9-16(20)12-23-21(26)15-4-1-5-15)13-17-6-2-8-19-18(17)7-3-10-22-19/h2-3,6-8,10,15-16,20,25H,1,4-5,9,11-14H2,(H,23,26)/t16-,20+/m0/s1. The van der Waals surface area contributed by atoms with E-state index in [1.54, 1.807) is 0 Å². The molecule has 2 N–H and O–H groups in total. The highest BCUT2D eigenvalue weighted by Gasteiger charge is 2.30. The van der Waals surface area contributed by atoms with Gasteiger partial charge in [0.05, 0.1) is 11.6 Å². The van der Waals surface area contributed by atoms with Crippen molar-refractivity contribution >= 4 is 16.8 Å². The van der Waals surface area contributed by atoms with Crippen LogP contribution in [0.1, 0.15) is 31.2 Å². The highest BCUT2D eigenvalue weighted by molar-refractivity contribution is 5.81. The van der Waals surface area contributed by atoms with E-state index in [0.717, 1.165) is 37.9 Å². The van der Waals surface area contributed by atoms with E-state index >= 15 is 0 Å². The first kappa shape index (κ1) is 17.4. The van der Waals surface area contributed by atoms with Gasteiger partial charge in [0.15, 0.2) is 0 Å². The van der Waals surface area contributed by atoms with Crippen molar-refractivity contribution in [2.75, 3.05) is 19.6 Å². The SMILES string of the molecule is O=C(NC[C@@H]1CCN(Cc2cccc3ncccc23)C[C@H]1O)C1CCC1. The number of rotatable bonds is 5. The van der Waals surface area contributed by atoms with Gasteiger partial charge in [-0.1, -0.05) is 24.6 Å². The Labute approximate surface area is 154 Å². The molecule has 0 radical (unpaired) electrons. The Morgan fingerprint density at radius 3 is 2.88 bits per heavy atom. The summed E-state index contributed by atoms with van der Waals surface area (Å²) >= 11 is 0. The zero-order valence-corrected chi connectivity index (χ0v) is 15.1. The predicted molar refractivity (Wildman–Crippen MR) is 101 cm³/mol. The lowest BCUT2D eigenvalue weighted by Crippen LogP contribution is -2.48. The number of aromatic nitrogens is 1. The van der Waals surface area contributed by atoms with Crippen LogP contribution in [-0.2, 0) is 11.3 Å². The average molecular weight is 353 g/mol. The van der Waals surface area contributed by atoms with Gasteiger partial charge in [0.1, 0.15) is 0 Å². The van der Waals surface area contributed by atoms with E-state index in [1.165, 1.54) is 17.4 Å². The fourth-order valence-electron chi connectivity index (χ4n) is 4.02. The predicted octanol–water partition coefficient (Wildman–Crippen LogP) is 2.33. The molecule has 1 amide bonds. The summed E-state index contributed by atoms with van der Waals surface area (Å²) in [5, 5.41) is 14.8. The van der Waals surface area contributed by atoms with Crippen LogP contribution in [0.4, 0.5) is 0 Å². The summed E-state index contributed by atoms with van der Waals surface area (Å²) in [7, 11) is 0. The minimum Gasteiger partial charge on any atom is -0.391 e. The highest BCUT2D eigenvalue weighted by atomic mass is 16.3. The number of benzene rings is 1. The van der Waals surface area contributed by atoms with Crippen LogP contribution in [-0.4, -0.2) is 46.6 Å². The lowest BCUT2D eigenvalue weighted by atomic mass is 9.84. The second-order valence-electron chi connectivity index (χ2n) is 7.71. The van der Waals surface area contributed by atoms with Gasteiger partial charge in [0.2, 0.25) is 5.91 Å². The summed E-state index contributed by atoms with van der Waals surface area (Å²) < 4.78 is 0. The molecule has 2 heterocycles. The molecule has 2 aliphatic rings. The number of piperidine rings is 1. The van der Waals surface area contributed by atoms with Crippen molar-refractivity contribution in [2.24, 2.45) is 11.8 Å². The lowest BCUT2D eigenvalue weighted by Gasteiger charge is -2.36. The normalized spacial score (nSPS) is 24.3. The van der Waals surface area contributed by atoms with Crippen LogP contribution in [0.5, 0.6) is 0 Å². The van der Waals surface area contributed by atoms with Crippen LogP contribution in [0, 0.1) is 11.8 Å². The van der Waals surface area contributed by atoms with Gasteiger partial charge in [-0.3, -0.25) is 14.7 Å². The van der Waals surface area contributed by atoms with E-state index in [9.17, 15) is 9.90 Å². The molecule has 26 heavy (non-hydrogen) atoms. The number of amides is 1. The number of β-amino-alcohol motifs (C(OH)–C–C–N with tert-alkyl or cyclic N) is 1. The third-order valence-corrected chi connectivity index (χ3v) is 5.95. The van der Waals surface area contributed by atoms with E-state index in [4.69, 9.17) is 0 Å². The number of nitrogens with zero attached hydrogens (tertiary/aromatic N) is 2. The van der Waals surface area contributed by atoms with Gasteiger partial charge in [0.25, 0.3) is 0 Å². The number of fused-ring (bicyclic) bond motifs is 1. The topological polar surface area (TPSA) is 65.5 Å². The van der Waals surface area contributed by atoms with Gasteiger partial charge >= 0.3 is 0 Å². The fourth-order valence-corrected chi connectivity index (χ4v) is 4.02. The smallest absolute Gasteiger partial charge is 0.223 e. The molecule has 5 heteroatoms. The summed E-state index contributed by atoms with van der Waals surface area (Å²) in [6, 6.07) is 10.3. The van der Waals surface area contributed by atoms with Crippen LogP contribution >= 0.6 is 0 Å². The Balaban J connectivity index is 1.32. The van der Waals surface area contributed by atoms with E-state index in [2.05, 4.69) is 27.3 Å². The molecule has 1 saturated carbocycles. The average Bonchev–Trinajstić information content (AvgIpc) is 2.60. The summed E-state index contributed by atoms with van der Waals surface area (Å²) in [4.78, 5) is 18.7. The maximum absolute atomic E-state index is 12.0. The first-order valence-corrected chi connectivity index (χ1v) is 9.71. The van der Waals surface area contributed by atoms with E-state index < -0.39 is 6.10 Å². The summed E-state index contributed by atoms with van der Waals surface area (Å²) in [6.45, 7) is 3.02.